The van der Waals surface area contributed by atoms with E-state index in [1.54, 1.807) is 12.3 Å². The average molecular weight is 511 g/mol. The molecule has 2 atom stereocenters. The Balaban J connectivity index is 1.26. The standard InChI is InChI=1S/C26H23ClN2O3S2/c27-24-12-11-17(15-28-24)23-10-5-13-34(23,31)29-25(33)14-26(30)32-16-22-20-8-3-1-6-18(20)19-7-2-4-9-21(19)22/h1-4,6-9,11-12,15,22-23H,5,10,13-14,16H2. The molecule has 2 heterocycles. The molecule has 5 nitrogen and oxygen atoms in total. The number of thiocarbonyl (C=S) groups is 1. The molecule has 3 aromatic rings. The zero-order valence-corrected chi connectivity index (χ0v) is 20.7. The van der Waals surface area contributed by atoms with E-state index in [0.29, 0.717) is 10.9 Å². The second-order valence-corrected chi connectivity index (χ2v) is 11.9. The van der Waals surface area contributed by atoms with Crippen LogP contribution in [0.4, 0.5) is 0 Å². The number of nitrogens with zero attached hydrogens (tertiary/aromatic N) is 2. The fourth-order valence-corrected chi connectivity index (χ4v) is 8.06. The largest absolute Gasteiger partial charge is 0.464 e. The maximum Gasteiger partial charge on any atom is 0.312 e. The fraction of sp³-hybridized carbons (Fsp3) is 0.269. The van der Waals surface area contributed by atoms with Crippen LogP contribution in [0.15, 0.2) is 71.2 Å². The molecule has 0 radical (unpaired) electrons. The Labute approximate surface area is 209 Å². The van der Waals surface area contributed by atoms with Gasteiger partial charge in [0.25, 0.3) is 0 Å². The van der Waals surface area contributed by atoms with Gasteiger partial charge >= 0.3 is 5.97 Å². The highest BCUT2D eigenvalue weighted by Crippen LogP contribution is 2.44. The predicted molar refractivity (Wildman–Crippen MR) is 139 cm³/mol. The third kappa shape index (κ3) is 4.52. The molecule has 1 fully saturated rings. The summed E-state index contributed by atoms with van der Waals surface area (Å²) in [6.07, 6.45) is 3.00. The monoisotopic (exact) mass is 510 g/mol. The summed E-state index contributed by atoms with van der Waals surface area (Å²) in [6, 6.07) is 19.9. The Hall–Kier alpha value is -2.61. The maximum absolute atomic E-state index is 13.6. The van der Waals surface area contributed by atoms with Crippen LogP contribution in [-0.2, 0) is 19.3 Å². The highest BCUT2D eigenvalue weighted by atomic mass is 35.5. The van der Waals surface area contributed by atoms with Crippen LogP contribution in [0.3, 0.4) is 0 Å². The Bertz CT molecular complexity index is 1340. The molecule has 2 aromatic carbocycles. The quantitative estimate of drug-likeness (QED) is 0.235. The van der Waals surface area contributed by atoms with E-state index in [4.69, 9.17) is 28.6 Å². The summed E-state index contributed by atoms with van der Waals surface area (Å²) in [6.45, 7) is 0.226. The fourth-order valence-electron chi connectivity index (χ4n) is 4.86. The molecule has 0 amide bonds. The molecule has 1 aliphatic heterocycles. The first kappa shape index (κ1) is 23.1. The summed E-state index contributed by atoms with van der Waals surface area (Å²) >= 11 is 11.2. The molecule has 2 unspecified atom stereocenters. The summed E-state index contributed by atoms with van der Waals surface area (Å²) in [7, 11) is -2.62. The lowest BCUT2D eigenvalue weighted by Gasteiger charge is -2.15. The van der Waals surface area contributed by atoms with E-state index in [0.717, 1.165) is 29.5 Å². The zero-order valence-electron chi connectivity index (χ0n) is 18.4. The van der Waals surface area contributed by atoms with Gasteiger partial charge in [0.2, 0.25) is 0 Å². The number of aromatic nitrogens is 1. The number of hydrogen-bond acceptors (Lipinski definition) is 5. The van der Waals surface area contributed by atoms with Crippen molar-refractivity contribution in [2.75, 3.05) is 12.4 Å². The van der Waals surface area contributed by atoms with Crippen LogP contribution in [0.5, 0.6) is 0 Å². The van der Waals surface area contributed by atoms with Gasteiger partial charge in [0.1, 0.15) is 16.7 Å². The highest BCUT2D eigenvalue weighted by molar-refractivity contribution is 7.95. The van der Waals surface area contributed by atoms with Crippen LogP contribution in [0.2, 0.25) is 5.15 Å². The van der Waals surface area contributed by atoms with E-state index in [1.165, 1.54) is 11.1 Å². The van der Waals surface area contributed by atoms with Gasteiger partial charge in [-0.15, -0.1) is 0 Å². The van der Waals surface area contributed by atoms with Gasteiger partial charge in [-0.05, 0) is 46.7 Å². The van der Waals surface area contributed by atoms with Gasteiger partial charge < -0.3 is 4.74 Å². The molecule has 2 aliphatic rings. The lowest BCUT2D eigenvalue weighted by molar-refractivity contribution is -0.142. The summed E-state index contributed by atoms with van der Waals surface area (Å²) in [4.78, 5) is 16.8. The molecule has 0 saturated carbocycles. The third-order valence-electron chi connectivity index (χ3n) is 6.40. The Morgan fingerprint density at radius 2 is 1.76 bits per heavy atom. The summed E-state index contributed by atoms with van der Waals surface area (Å²) < 4.78 is 23.6. The van der Waals surface area contributed by atoms with Crippen molar-refractivity contribution in [3.63, 3.8) is 0 Å². The van der Waals surface area contributed by atoms with E-state index in [1.807, 2.05) is 30.3 Å². The smallest absolute Gasteiger partial charge is 0.312 e. The number of halogens is 1. The van der Waals surface area contributed by atoms with E-state index in [9.17, 15) is 9.00 Å². The molecule has 0 spiro atoms. The predicted octanol–water partition coefficient (Wildman–Crippen LogP) is 6.11. The molecule has 174 valence electrons. The number of carbonyl (C=O) groups is 1. The lowest BCUT2D eigenvalue weighted by atomic mass is 9.98. The van der Waals surface area contributed by atoms with Gasteiger partial charge in [-0.3, -0.25) is 4.79 Å². The first-order valence-electron chi connectivity index (χ1n) is 11.2. The number of rotatable bonds is 5. The second kappa shape index (κ2) is 9.56. The topological polar surface area (TPSA) is 68.6 Å². The summed E-state index contributed by atoms with van der Waals surface area (Å²) in [5.74, 6) is -0.0261. The van der Waals surface area contributed by atoms with Crippen molar-refractivity contribution in [3.05, 3.63) is 88.7 Å². The Morgan fingerprint density at radius 3 is 2.41 bits per heavy atom. The summed E-state index contributed by atoms with van der Waals surface area (Å²) in [5, 5.41) is 0.119. The number of benzene rings is 2. The first-order chi connectivity index (χ1) is 16.4. The molecule has 34 heavy (non-hydrogen) atoms. The number of pyridine rings is 1. The van der Waals surface area contributed by atoms with Crippen LogP contribution in [-0.4, -0.2) is 32.5 Å². The molecule has 8 heteroatoms. The lowest BCUT2D eigenvalue weighted by Crippen LogP contribution is -2.16. The highest BCUT2D eigenvalue weighted by Gasteiger charge is 2.32. The van der Waals surface area contributed by atoms with E-state index < -0.39 is 15.7 Å². The van der Waals surface area contributed by atoms with Crippen LogP contribution >= 0.6 is 23.8 Å². The Kier molecular flexibility index (Phi) is 6.51. The molecule has 0 N–H and O–H groups in total. The molecule has 1 aliphatic carbocycles. The van der Waals surface area contributed by atoms with E-state index in [2.05, 4.69) is 33.6 Å². The maximum atomic E-state index is 13.6. The van der Waals surface area contributed by atoms with Crippen molar-refractivity contribution in [1.29, 1.82) is 0 Å². The Morgan fingerprint density at radius 1 is 1.09 bits per heavy atom. The number of carbonyl (C=O) groups excluding carboxylic acids is 1. The number of fused-ring (bicyclic) bond motifs is 3. The van der Waals surface area contributed by atoms with Crippen molar-refractivity contribution in [1.82, 2.24) is 4.98 Å². The average Bonchev–Trinajstić information content (AvgIpc) is 3.36. The van der Waals surface area contributed by atoms with Crippen molar-refractivity contribution >= 4 is 44.5 Å². The van der Waals surface area contributed by atoms with Gasteiger partial charge in [-0.2, -0.15) is 4.36 Å². The van der Waals surface area contributed by atoms with Gasteiger partial charge in [-0.1, -0.05) is 78.4 Å². The van der Waals surface area contributed by atoms with Crippen molar-refractivity contribution < 1.29 is 13.7 Å². The van der Waals surface area contributed by atoms with Crippen molar-refractivity contribution in [2.24, 2.45) is 4.36 Å². The molecule has 1 saturated heterocycles. The van der Waals surface area contributed by atoms with Crippen LogP contribution in [0.25, 0.3) is 11.1 Å². The minimum Gasteiger partial charge on any atom is -0.464 e. The minimum absolute atomic E-state index is 0.0186. The summed E-state index contributed by atoms with van der Waals surface area (Å²) in [5.41, 5.74) is 5.48. The third-order valence-corrected chi connectivity index (χ3v) is 9.77. The number of ether oxygens (including phenoxy) is 1. The van der Waals surface area contributed by atoms with Gasteiger partial charge in [0.05, 0.1) is 21.4 Å². The van der Waals surface area contributed by atoms with Gasteiger partial charge in [0, 0.05) is 17.9 Å². The van der Waals surface area contributed by atoms with E-state index in [-0.39, 0.29) is 29.2 Å². The molecule has 0 bridgehead atoms. The van der Waals surface area contributed by atoms with E-state index >= 15 is 0 Å². The number of hydrogen-bond donors (Lipinski definition) is 0. The van der Waals surface area contributed by atoms with Crippen molar-refractivity contribution in [2.45, 2.75) is 30.4 Å². The second-order valence-electron chi connectivity index (χ2n) is 8.51. The molecular weight excluding hydrogens is 488 g/mol. The zero-order chi connectivity index (χ0) is 23.7. The SMILES string of the molecule is O=C(CC(=S)N=S1(=O)CCCC1c1ccc(Cl)nc1)OCC1c2ccccc2-c2ccccc21. The van der Waals surface area contributed by atoms with Gasteiger partial charge in [0.15, 0.2) is 0 Å². The molecular formula is C26H23ClN2O3S2. The van der Waals surface area contributed by atoms with Crippen LogP contribution in [0, 0.1) is 0 Å². The first-order valence-corrected chi connectivity index (χ1v) is 13.7. The van der Waals surface area contributed by atoms with Gasteiger partial charge in [-0.25, -0.2) is 9.19 Å². The molecule has 1 aromatic heterocycles. The molecule has 5 rings (SSSR count). The normalized spacial score (nSPS) is 21.0. The van der Waals surface area contributed by atoms with Crippen LogP contribution in [0.1, 0.15) is 47.1 Å². The minimum atomic E-state index is -2.62. The van der Waals surface area contributed by atoms with Crippen molar-refractivity contribution in [3.8, 4) is 11.1 Å². The number of esters is 1. The van der Waals surface area contributed by atoms with Crippen LogP contribution < -0.4 is 0 Å².